The van der Waals surface area contributed by atoms with Crippen molar-refractivity contribution in [3.05, 3.63) is 47.9 Å². The van der Waals surface area contributed by atoms with Gasteiger partial charge in [0.1, 0.15) is 11.5 Å². The number of benzene rings is 1. The summed E-state index contributed by atoms with van der Waals surface area (Å²) >= 11 is 1.81. The molecule has 2 heteroatoms. The molecule has 1 heterocycles. The zero-order chi connectivity index (χ0) is 14.6. The van der Waals surface area contributed by atoms with Crippen molar-refractivity contribution in [3.63, 3.8) is 0 Å². The highest BCUT2D eigenvalue weighted by Gasteiger charge is 2.21. The molecular weight excluding hydrogens is 264 g/mol. The first-order valence-corrected chi connectivity index (χ1v) is 8.18. The largest absolute Gasteiger partial charge is 0.464 e. The Hall–Kier alpha value is -1.15. The summed E-state index contributed by atoms with van der Waals surface area (Å²) in [7, 11) is 0. The van der Waals surface area contributed by atoms with E-state index < -0.39 is 0 Å². The Balaban J connectivity index is 2.27. The number of unbranched alkanes of at least 4 members (excludes halogenated alkanes) is 1. The van der Waals surface area contributed by atoms with Crippen LogP contribution in [0.25, 0.3) is 0 Å². The molecule has 2 rings (SSSR count). The van der Waals surface area contributed by atoms with Crippen molar-refractivity contribution in [3.8, 4) is 0 Å². The lowest BCUT2D eigenvalue weighted by atomic mass is 9.94. The molecule has 20 heavy (non-hydrogen) atoms. The fourth-order valence-electron chi connectivity index (χ4n) is 2.00. The maximum Gasteiger partial charge on any atom is 0.118 e. The number of aryl methyl sites for hydroxylation is 1. The van der Waals surface area contributed by atoms with Gasteiger partial charge in [0.15, 0.2) is 0 Å². The van der Waals surface area contributed by atoms with Crippen molar-refractivity contribution >= 4 is 11.8 Å². The van der Waals surface area contributed by atoms with Crippen LogP contribution in [0, 0.1) is 0 Å². The van der Waals surface area contributed by atoms with Gasteiger partial charge in [-0.25, -0.2) is 0 Å². The normalized spacial score (nSPS) is 11.8. The summed E-state index contributed by atoms with van der Waals surface area (Å²) in [6.45, 7) is 8.82. The van der Waals surface area contributed by atoms with Gasteiger partial charge < -0.3 is 4.42 Å². The smallest absolute Gasteiger partial charge is 0.118 e. The van der Waals surface area contributed by atoms with Crippen molar-refractivity contribution in [2.24, 2.45) is 0 Å². The van der Waals surface area contributed by atoms with Crippen LogP contribution in [-0.2, 0) is 11.8 Å². The molecule has 0 spiro atoms. The van der Waals surface area contributed by atoms with Crippen molar-refractivity contribution in [2.75, 3.05) is 0 Å². The third-order valence-corrected chi connectivity index (χ3v) is 4.31. The third kappa shape index (κ3) is 3.92. The quantitative estimate of drug-likeness (QED) is 0.662. The van der Waals surface area contributed by atoms with Gasteiger partial charge in [-0.3, -0.25) is 0 Å². The monoisotopic (exact) mass is 288 g/mol. The molecule has 0 fully saturated rings. The van der Waals surface area contributed by atoms with Crippen LogP contribution in [0.3, 0.4) is 0 Å². The summed E-state index contributed by atoms with van der Waals surface area (Å²) in [5.41, 5.74) is 0.0659. The summed E-state index contributed by atoms with van der Waals surface area (Å²) in [6, 6.07) is 12.7. The molecule has 108 valence electrons. The van der Waals surface area contributed by atoms with Crippen molar-refractivity contribution < 1.29 is 4.42 Å². The predicted molar refractivity (Wildman–Crippen MR) is 86.6 cm³/mol. The Labute approximate surface area is 126 Å². The Morgan fingerprint density at radius 3 is 2.40 bits per heavy atom. The van der Waals surface area contributed by atoms with Gasteiger partial charge in [0, 0.05) is 16.7 Å². The summed E-state index contributed by atoms with van der Waals surface area (Å²) in [5, 5.41) is 0. The number of hydrogen-bond donors (Lipinski definition) is 0. The van der Waals surface area contributed by atoms with Gasteiger partial charge in [0.25, 0.3) is 0 Å². The van der Waals surface area contributed by atoms with Gasteiger partial charge in [0.05, 0.1) is 4.90 Å². The summed E-state index contributed by atoms with van der Waals surface area (Å²) in [6.07, 6.45) is 3.40. The molecule has 0 radical (unpaired) electrons. The molecule has 0 aliphatic carbocycles. The van der Waals surface area contributed by atoms with Crippen LogP contribution in [-0.4, -0.2) is 0 Å². The van der Waals surface area contributed by atoms with Crippen LogP contribution in [0.1, 0.15) is 52.1 Å². The second-order valence-electron chi connectivity index (χ2n) is 6.17. The summed E-state index contributed by atoms with van der Waals surface area (Å²) in [4.78, 5) is 2.54. The minimum atomic E-state index is 0.0659. The van der Waals surface area contributed by atoms with E-state index in [-0.39, 0.29) is 5.41 Å². The highest BCUT2D eigenvalue weighted by molar-refractivity contribution is 7.99. The van der Waals surface area contributed by atoms with E-state index in [9.17, 15) is 0 Å². The van der Waals surface area contributed by atoms with Crippen molar-refractivity contribution in [1.82, 2.24) is 0 Å². The zero-order valence-electron chi connectivity index (χ0n) is 12.9. The van der Waals surface area contributed by atoms with E-state index in [1.807, 2.05) is 11.8 Å². The Morgan fingerprint density at radius 2 is 1.80 bits per heavy atom. The molecule has 1 aromatic carbocycles. The second-order valence-corrected chi connectivity index (χ2v) is 7.28. The van der Waals surface area contributed by atoms with E-state index in [1.54, 1.807) is 0 Å². The lowest BCUT2D eigenvalue weighted by Crippen LogP contribution is -2.09. The van der Waals surface area contributed by atoms with E-state index in [4.69, 9.17) is 4.42 Å². The molecule has 0 bridgehead atoms. The van der Waals surface area contributed by atoms with E-state index in [2.05, 4.69) is 64.1 Å². The average Bonchev–Trinajstić information content (AvgIpc) is 2.81. The molecular formula is C18H24OS. The molecule has 1 aromatic heterocycles. The first-order valence-electron chi connectivity index (χ1n) is 7.37. The van der Waals surface area contributed by atoms with Crippen LogP contribution in [0.4, 0.5) is 0 Å². The maximum atomic E-state index is 6.13. The molecule has 0 aliphatic rings. The van der Waals surface area contributed by atoms with Gasteiger partial charge in [-0.15, -0.1) is 0 Å². The Kier molecular flexibility index (Phi) is 4.98. The molecule has 0 saturated carbocycles. The highest BCUT2D eigenvalue weighted by Crippen LogP contribution is 2.37. The molecule has 1 nitrogen and oxygen atoms in total. The zero-order valence-corrected chi connectivity index (χ0v) is 13.7. The van der Waals surface area contributed by atoms with Gasteiger partial charge >= 0.3 is 0 Å². The Bertz CT molecular complexity index is 534. The fraction of sp³-hybridized carbons (Fsp3) is 0.444. The van der Waals surface area contributed by atoms with Crippen molar-refractivity contribution in [1.29, 1.82) is 0 Å². The van der Waals surface area contributed by atoms with Crippen LogP contribution in [0.5, 0.6) is 0 Å². The minimum Gasteiger partial charge on any atom is -0.464 e. The lowest BCUT2D eigenvalue weighted by Gasteiger charge is -2.13. The average molecular weight is 288 g/mol. The number of hydrogen-bond acceptors (Lipinski definition) is 2. The molecule has 0 N–H and O–H groups in total. The minimum absolute atomic E-state index is 0.0659. The van der Waals surface area contributed by atoms with E-state index >= 15 is 0 Å². The summed E-state index contributed by atoms with van der Waals surface area (Å²) < 4.78 is 6.13. The molecule has 0 atom stereocenters. The first-order chi connectivity index (χ1) is 9.50. The third-order valence-electron chi connectivity index (χ3n) is 3.24. The molecule has 0 amide bonds. The number of furan rings is 1. The van der Waals surface area contributed by atoms with E-state index in [1.165, 1.54) is 22.6 Å². The van der Waals surface area contributed by atoms with Gasteiger partial charge in [-0.2, -0.15) is 0 Å². The lowest BCUT2D eigenvalue weighted by molar-refractivity contribution is 0.381. The molecule has 2 aromatic rings. The van der Waals surface area contributed by atoms with Crippen LogP contribution < -0.4 is 0 Å². The van der Waals surface area contributed by atoms with Gasteiger partial charge in [0.2, 0.25) is 0 Å². The van der Waals surface area contributed by atoms with Gasteiger partial charge in [-0.05, 0) is 24.6 Å². The standard InChI is InChI=1S/C18H24OS/c1-5-6-12-15-16(13-17(19-15)18(2,3)4)20-14-10-8-7-9-11-14/h7-11,13H,5-6,12H2,1-4H3. The van der Waals surface area contributed by atoms with E-state index in [0.29, 0.717) is 0 Å². The Morgan fingerprint density at radius 1 is 1.10 bits per heavy atom. The second kappa shape index (κ2) is 6.53. The van der Waals surface area contributed by atoms with Crippen molar-refractivity contribution in [2.45, 2.75) is 62.2 Å². The highest BCUT2D eigenvalue weighted by atomic mass is 32.2. The maximum absolute atomic E-state index is 6.13. The molecule has 0 aliphatic heterocycles. The molecule has 0 unspecified atom stereocenters. The summed E-state index contributed by atoms with van der Waals surface area (Å²) in [5.74, 6) is 2.23. The van der Waals surface area contributed by atoms with Gasteiger partial charge in [-0.1, -0.05) is 64.1 Å². The predicted octanol–water partition coefficient (Wildman–Crippen LogP) is 6.07. The fourth-order valence-corrected chi connectivity index (χ4v) is 2.97. The molecule has 0 saturated heterocycles. The van der Waals surface area contributed by atoms with E-state index in [0.717, 1.165) is 17.9 Å². The van der Waals surface area contributed by atoms with Crippen LogP contribution >= 0.6 is 11.8 Å². The first kappa shape index (κ1) is 15.2. The topological polar surface area (TPSA) is 13.1 Å². The SMILES string of the molecule is CCCCc1oc(C(C)(C)C)cc1Sc1ccccc1. The number of rotatable bonds is 5. The van der Waals surface area contributed by atoms with Crippen LogP contribution in [0.2, 0.25) is 0 Å². The van der Waals surface area contributed by atoms with Crippen LogP contribution in [0.15, 0.2) is 50.6 Å².